The van der Waals surface area contributed by atoms with Gasteiger partial charge in [0, 0.05) is 67.8 Å². The lowest BCUT2D eigenvalue weighted by molar-refractivity contribution is -0.384. The van der Waals surface area contributed by atoms with Crippen LogP contribution < -0.4 is 14.8 Å². The van der Waals surface area contributed by atoms with Gasteiger partial charge in [-0.2, -0.15) is 0 Å². The number of nitro benzene ring substituents is 1. The maximum atomic E-state index is 13.2. The molecule has 1 saturated heterocycles. The van der Waals surface area contributed by atoms with Crippen LogP contribution in [0.3, 0.4) is 0 Å². The van der Waals surface area contributed by atoms with Gasteiger partial charge in [0.2, 0.25) is 5.91 Å². The fourth-order valence-corrected chi connectivity index (χ4v) is 5.13. The molecule has 5 rings (SSSR count). The van der Waals surface area contributed by atoms with Crippen molar-refractivity contribution < 1.29 is 23.9 Å². The summed E-state index contributed by atoms with van der Waals surface area (Å²) in [6.45, 7) is 4.78. The number of methoxy groups -OCH3 is 1. The van der Waals surface area contributed by atoms with Crippen LogP contribution in [-0.4, -0.2) is 67.2 Å². The summed E-state index contributed by atoms with van der Waals surface area (Å²) in [6, 6.07) is 20.2. The minimum absolute atomic E-state index is 0.00527. The third kappa shape index (κ3) is 7.03. The number of aromatic amines is 1. The van der Waals surface area contributed by atoms with Crippen LogP contribution in [0, 0.1) is 10.1 Å². The molecule has 1 aliphatic rings. The highest BCUT2D eigenvalue weighted by Gasteiger charge is 2.24. The summed E-state index contributed by atoms with van der Waals surface area (Å²) < 4.78 is 17.1. The molecule has 10 nitrogen and oxygen atoms in total. The maximum Gasteiger partial charge on any atom is 0.270 e. The fourth-order valence-electron chi connectivity index (χ4n) is 5.13. The second-order valence-electron chi connectivity index (χ2n) is 9.98. The number of benzene rings is 3. The molecule has 0 aliphatic carbocycles. The number of nitrogens with one attached hydrogen (secondary N) is 2. The molecule has 1 aliphatic heterocycles. The molecule has 1 atom stereocenters. The molecule has 1 amide bonds. The zero-order chi connectivity index (χ0) is 28.6. The molecule has 10 heteroatoms. The van der Waals surface area contributed by atoms with Crippen LogP contribution in [0.4, 0.5) is 5.69 Å². The summed E-state index contributed by atoms with van der Waals surface area (Å²) in [5, 5.41) is 15.3. The molecule has 4 aromatic rings. The highest BCUT2D eigenvalue weighted by Crippen LogP contribution is 2.38. The van der Waals surface area contributed by atoms with Crippen LogP contribution in [0.15, 0.2) is 72.9 Å². The third-order valence-corrected chi connectivity index (χ3v) is 7.35. The first-order chi connectivity index (χ1) is 20.0. The Morgan fingerprint density at radius 3 is 2.66 bits per heavy atom. The Morgan fingerprint density at radius 1 is 1.10 bits per heavy atom. The first-order valence-corrected chi connectivity index (χ1v) is 13.7. The van der Waals surface area contributed by atoms with Crippen molar-refractivity contribution in [3.05, 3.63) is 99.7 Å². The van der Waals surface area contributed by atoms with E-state index in [1.165, 1.54) is 6.07 Å². The van der Waals surface area contributed by atoms with Crippen LogP contribution >= 0.6 is 0 Å². The summed E-state index contributed by atoms with van der Waals surface area (Å²) in [6.07, 6.45) is 1.98. The largest absolute Gasteiger partial charge is 0.493 e. The van der Waals surface area contributed by atoms with E-state index in [9.17, 15) is 14.9 Å². The van der Waals surface area contributed by atoms with Crippen LogP contribution in [0.5, 0.6) is 11.5 Å². The predicted octanol–water partition coefficient (Wildman–Crippen LogP) is 4.63. The van der Waals surface area contributed by atoms with Crippen molar-refractivity contribution in [2.24, 2.45) is 0 Å². The van der Waals surface area contributed by atoms with Crippen molar-refractivity contribution in [2.45, 2.75) is 18.9 Å². The van der Waals surface area contributed by atoms with Gasteiger partial charge in [0.15, 0.2) is 11.5 Å². The molecular weight excluding hydrogens is 524 g/mol. The molecule has 214 valence electrons. The summed E-state index contributed by atoms with van der Waals surface area (Å²) in [4.78, 5) is 29.8. The van der Waals surface area contributed by atoms with Crippen molar-refractivity contribution in [1.29, 1.82) is 0 Å². The quantitative estimate of drug-likeness (QED) is 0.192. The van der Waals surface area contributed by atoms with Gasteiger partial charge in [0.1, 0.15) is 6.61 Å². The number of non-ortho nitro benzene ring substituents is 1. The van der Waals surface area contributed by atoms with Crippen molar-refractivity contribution in [3.8, 4) is 11.5 Å². The van der Waals surface area contributed by atoms with Crippen LogP contribution in [-0.2, 0) is 16.1 Å². The number of hydrogen-bond donors (Lipinski definition) is 2. The van der Waals surface area contributed by atoms with Gasteiger partial charge in [0.05, 0.1) is 25.2 Å². The normalized spacial score (nSPS) is 14.5. The standard InChI is InChI=1S/C31H34N4O6/c1-39-30-17-23(7-10-29(30)41-21-22-5-3-2-4-6-22)25(19-31(36)32-11-12-34-13-15-40-16-14-34)27-20-33-28-9-8-24(35(37)38)18-26(27)28/h2-10,17-18,20,25,33H,11-16,19,21H2,1H3,(H,32,36)/t25-/m0/s1. The molecule has 0 spiro atoms. The Labute approximate surface area is 238 Å². The second kappa shape index (κ2) is 13.3. The molecule has 3 aromatic carbocycles. The predicted molar refractivity (Wildman–Crippen MR) is 155 cm³/mol. The molecule has 0 saturated carbocycles. The molecule has 0 unspecified atom stereocenters. The Bertz CT molecular complexity index is 1480. The average Bonchev–Trinajstić information content (AvgIpc) is 3.43. The molecule has 2 N–H and O–H groups in total. The van der Waals surface area contributed by atoms with Gasteiger partial charge in [-0.3, -0.25) is 19.8 Å². The van der Waals surface area contributed by atoms with Crippen LogP contribution in [0.25, 0.3) is 10.9 Å². The number of hydrogen-bond acceptors (Lipinski definition) is 7. The van der Waals surface area contributed by atoms with E-state index < -0.39 is 4.92 Å². The Kier molecular flexibility index (Phi) is 9.12. The minimum Gasteiger partial charge on any atom is -0.493 e. The monoisotopic (exact) mass is 558 g/mol. The highest BCUT2D eigenvalue weighted by atomic mass is 16.6. The van der Waals surface area contributed by atoms with Crippen molar-refractivity contribution in [1.82, 2.24) is 15.2 Å². The van der Waals surface area contributed by atoms with E-state index in [-0.39, 0.29) is 23.9 Å². The lowest BCUT2D eigenvalue weighted by Gasteiger charge is -2.26. The maximum absolute atomic E-state index is 13.2. The van der Waals surface area contributed by atoms with E-state index in [0.717, 1.165) is 41.8 Å². The SMILES string of the molecule is COc1cc([C@H](CC(=O)NCCN2CCOCC2)c2c[nH]c3ccc([N+](=O)[O-])cc23)ccc1OCc1ccccc1. The first-order valence-electron chi connectivity index (χ1n) is 13.7. The number of nitrogens with zero attached hydrogens (tertiary/aromatic N) is 2. The zero-order valence-corrected chi connectivity index (χ0v) is 23.0. The zero-order valence-electron chi connectivity index (χ0n) is 23.0. The molecule has 0 radical (unpaired) electrons. The molecule has 2 heterocycles. The van der Waals surface area contributed by atoms with Gasteiger partial charge in [-0.25, -0.2) is 0 Å². The van der Waals surface area contributed by atoms with Crippen LogP contribution in [0.1, 0.15) is 29.0 Å². The van der Waals surface area contributed by atoms with Crippen LogP contribution in [0.2, 0.25) is 0 Å². The smallest absolute Gasteiger partial charge is 0.270 e. The third-order valence-electron chi connectivity index (χ3n) is 7.35. The molecule has 1 aromatic heterocycles. The van der Waals surface area contributed by atoms with E-state index in [1.54, 1.807) is 19.2 Å². The summed E-state index contributed by atoms with van der Waals surface area (Å²) in [5.74, 6) is 0.642. The van der Waals surface area contributed by atoms with E-state index >= 15 is 0 Å². The second-order valence-corrected chi connectivity index (χ2v) is 9.98. The fraction of sp³-hybridized carbons (Fsp3) is 0.323. The number of morpholine rings is 1. The Morgan fingerprint density at radius 2 is 1.90 bits per heavy atom. The number of amides is 1. The van der Waals surface area contributed by atoms with E-state index in [4.69, 9.17) is 14.2 Å². The van der Waals surface area contributed by atoms with Gasteiger partial charge in [0.25, 0.3) is 5.69 Å². The molecular formula is C31H34N4O6. The van der Waals surface area contributed by atoms with E-state index in [1.807, 2.05) is 54.7 Å². The molecule has 41 heavy (non-hydrogen) atoms. The summed E-state index contributed by atoms with van der Waals surface area (Å²) in [7, 11) is 1.58. The number of nitro groups is 1. The van der Waals surface area contributed by atoms with E-state index in [2.05, 4.69) is 15.2 Å². The average molecular weight is 559 g/mol. The Hall–Kier alpha value is -4.41. The van der Waals surface area contributed by atoms with Gasteiger partial charge in [-0.05, 0) is 34.9 Å². The summed E-state index contributed by atoms with van der Waals surface area (Å²) in [5.41, 5.74) is 3.43. The van der Waals surface area contributed by atoms with Crippen molar-refractivity contribution in [3.63, 3.8) is 0 Å². The lowest BCUT2D eigenvalue weighted by Crippen LogP contribution is -2.41. The lowest BCUT2D eigenvalue weighted by atomic mass is 9.87. The van der Waals surface area contributed by atoms with Gasteiger partial charge >= 0.3 is 0 Å². The highest BCUT2D eigenvalue weighted by molar-refractivity contribution is 5.87. The topological polar surface area (TPSA) is 119 Å². The minimum atomic E-state index is -0.411. The number of H-pyrrole nitrogens is 1. The number of carbonyl (C=O) groups excluding carboxylic acids is 1. The summed E-state index contributed by atoms with van der Waals surface area (Å²) >= 11 is 0. The number of ether oxygens (including phenoxy) is 3. The first kappa shape index (κ1) is 28.1. The number of fused-ring (bicyclic) bond motifs is 1. The van der Waals surface area contributed by atoms with E-state index in [0.29, 0.717) is 43.3 Å². The number of aromatic nitrogens is 1. The number of rotatable bonds is 12. The Balaban J connectivity index is 1.40. The molecule has 0 bridgehead atoms. The number of carbonyl (C=O) groups is 1. The van der Waals surface area contributed by atoms with Crippen molar-refractivity contribution in [2.75, 3.05) is 46.5 Å². The molecule has 1 fully saturated rings. The van der Waals surface area contributed by atoms with Gasteiger partial charge in [-0.15, -0.1) is 0 Å². The van der Waals surface area contributed by atoms with Gasteiger partial charge in [-0.1, -0.05) is 36.4 Å². The van der Waals surface area contributed by atoms with Crippen molar-refractivity contribution >= 4 is 22.5 Å². The van der Waals surface area contributed by atoms with Gasteiger partial charge < -0.3 is 24.5 Å².